The van der Waals surface area contributed by atoms with Crippen molar-refractivity contribution >= 4 is 200 Å². The van der Waals surface area contributed by atoms with Crippen molar-refractivity contribution in [2.75, 3.05) is 0 Å². The van der Waals surface area contributed by atoms with E-state index in [2.05, 4.69) is 509 Å². The van der Waals surface area contributed by atoms with Crippen LogP contribution in [-0.4, -0.2) is 17.2 Å². The van der Waals surface area contributed by atoms with Crippen molar-refractivity contribution in [1.82, 2.24) is 0 Å². The molecule has 22 aromatic rings. The molecule has 658 valence electrons. The van der Waals surface area contributed by atoms with Crippen LogP contribution >= 0.6 is 79.5 Å². The minimum absolute atomic E-state index is 0. The predicted molar refractivity (Wildman–Crippen MR) is 590 cm³/mol. The first kappa shape index (κ1) is 97.8. The van der Waals surface area contributed by atoms with Gasteiger partial charge in [-0.15, -0.1) is 0 Å². The van der Waals surface area contributed by atoms with Gasteiger partial charge in [-0.25, -0.2) is 0 Å². The molecule has 2 N–H and O–H groups in total. The average molecular weight is 2090 g/mol. The van der Waals surface area contributed by atoms with Crippen LogP contribution < -0.4 is 69.1 Å². The fraction of sp³-hybridized carbons (Fsp3) is 0.00826. The van der Waals surface area contributed by atoms with Crippen LogP contribution in [0.25, 0.3) is 77.3 Å². The normalized spacial score (nSPS) is 10.6. The minimum atomic E-state index is -1.51. The third-order valence-corrected chi connectivity index (χ3v) is 33.6. The molecule has 13 heteroatoms. The van der Waals surface area contributed by atoms with Crippen LogP contribution in [0.5, 0.6) is 0 Å². The second-order valence-electron chi connectivity index (χ2n) is 30.3. The number of para-hydroxylation sites is 4. The van der Waals surface area contributed by atoms with E-state index in [1.165, 1.54) is 91.5 Å². The van der Waals surface area contributed by atoms with E-state index in [0.29, 0.717) is 11.0 Å². The molecule has 2 aromatic heterocycles. The summed E-state index contributed by atoms with van der Waals surface area (Å²) in [6, 6.07) is 190. The van der Waals surface area contributed by atoms with E-state index in [9.17, 15) is 10.0 Å². The second-order valence-corrected chi connectivity index (χ2v) is 41.8. The molecule has 0 fully saturated rings. The van der Waals surface area contributed by atoms with E-state index in [1.54, 1.807) is 12.1 Å². The van der Waals surface area contributed by atoms with Crippen molar-refractivity contribution in [3.05, 3.63) is 559 Å². The van der Waals surface area contributed by atoms with Gasteiger partial charge in [-0.2, -0.15) is 0 Å². The second kappa shape index (κ2) is 50.8. The third-order valence-electron chi connectivity index (χ3n) is 21.7. The fourth-order valence-corrected chi connectivity index (χ4v) is 26.4. The van der Waals surface area contributed by atoms with Crippen LogP contribution in [0.4, 0.5) is 0 Å². The molecule has 0 amide bonds. The van der Waals surface area contributed by atoms with Crippen molar-refractivity contribution in [2.24, 2.45) is 0 Å². The SMILES string of the molecule is Brc1ccccc1-c1ccccc1-c1cccc2c1oc1ccccc12.Brc1ccccc1-c1ccccc1Br.C.OB(O)c1cccc2c1oc1ccccc12.[Pd].c1ccc(P(c2ccccc2)c2ccccc2)cc1.c1ccc(P(c2ccccc2)c2ccccc2)cc1.c1ccc(P(c2ccccc2)c2ccccc2)cc1.c1ccc(P(c2ccccc2)c2ccccc2)cc1. The number of hydrogen-bond donors (Lipinski definition) is 2. The van der Waals surface area contributed by atoms with E-state index in [-0.39, 0.29) is 27.8 Å². The van der Waals surface area contributed by atoms with Gasteiger partial charge in [-0.05, 0) is 153 Å². The van der Waals surface area contributed by atoms with Gasteiger partial charge in [0.15, 0.2) is 0 Å². The van der Waals surface area contributed by atoms with E-state index in [0.717, 1.165) is 57.3 Å². The minimum Gasteiger partial charge on any atom is -0.456 e. The molecule has 0 saturated carbocycles. The maximum Gasteiger partial charge on any atom is 0.492 e. The molecule has 0 unspecified atom stereocenters. The van der Waals surface area contributed by atoms with Crippen LogP contribution in [0.2, 0.25) is 0 Å². The summed E-state index contributed by atoms with van der Waals surface area (Å²) in [5, 5.41) is 39.5. The molecule has 0 saturated heterocycles. The Labute approximate surface area is 831 Å². The van der Waals surface area contributed by atoms with Gasteiger partial charge in [0.1, 0.15) is 22.3 Å². The molecular weight excluding hydrogens is 2000 g/mol. The van der Waals surface area contributed by atoms with Crippen molar-refractivity contribution in [2.45, 2.75) is 7.43 Å². The van der Waals surface area contributed by atoms with Gasteiger partial charge in [0.05, 0.1) is 0 Å². The zero-order valence-corrected chi connectivity index (χ0v) is 82.4. The monoisotopic (exact) mass is 2090 g/mol. The van der Waals surface area contributed by atoms with Gasteiger partial charge >= 0.3 is 7.12 Å². The van der Waals surface area contributed by atoms with Crippen molar-refractivity contribution in [1.29, 1.82) is 0 Å². The largest absolute Gasteiger partial charge is 0.492 e. The summed E-state index contributed by atoms with van der Waals surface area (Å²) in [6.45, 7) is 0. The topological polar surface area (TPSA) is 66.7 Å². The van der Waals surface area contributed by atoms with Gasteiger partial charge in [-0.1, -0.05) is 571 Å². The summed E-state index contributed by atoms with van der Waals surface area (Å²) in [5.41, 5.74) is 10.6. The molecule has 0 spiro atoms. The van der Waals surface area contributed by atoms with Gasteiger partial charge in [0.25, 0.3) is 0 Å². The summed E-state index contributed by atoms with van der Waals surface area (Å²) >= 11 is 10.8. The number of furan rings is 2. The first-order valence-electron chi connectivity index (χ1n) is 43.5. The third kappa shape index (κ3) is 25.4. The van der Waals surface area contributed by atoms with Crippen LogP contribution in [0.3, 0.4) is 0 Å². The van der Waals surface area contributed by atoms with Gasteiger partial charge in [0.2, 0.25) is 0 Å². The summed E-state index contributed by atoms with van der Waals surface area (Å²) in [4.78, 5) is 0. The predicted octanol–water partition coefficient (Wildman–Crippen LogP) is 28.2. The summed E-state index contributed by atoms with van der Waals surface area (Å²) < 4.78 is 15.2. The number of benzene rings is 20. The number of halogens is 3. The molecule has 4 nitrogen and oxygen atoms in total. The van der Waals surface area contributed by atoms with E-state index >= 15 is 0 Å². The Morgan fingerprint density at radius 2 is 0.343 bits per heavy atom. The molecule has 134 heavy (non-hydrogen) atoms. The maximum atomic E-state index is 9.24. The first-order valence-corrected chi connectivity index (χ1v) is 51.2. The first-order chi connectivity index (χ1) is 65.2. The molecule has 0 atom stereocenters. The molecule has 0 aliphatic rings. The number of fused-ring (bicyclic) bond motifs is 6. The zero-order chi connectivity index (χ0) is 90.3. The molecule has 0 bridgehead atoms. The Balaban J connectivity index is 0.000000126. The van der Waals surface area contributed by atoms with Gasteiger partial charge < -0.3 is 18.9 Å². The summed E-state index contributed by atoms with van der Waals surface area (Å²) in [7, 11) is -3.29. The van der Waals surface area contributed by atoms with Crippen molar-refractivity contribution in [3.8, 4) is 33.4 Å². The average Bonchev–Trinajstić information content (AvgIpc) is 1.61. The van der Waals surface area contributed by atoms with Crippen molar-refractivity contribution in [3.63, 3.8) is 0 Å². The van der Waals surface area contributed by atoms with Gasteiger partial charge in [0, 0.05) is 66.4 Å². The Hall–Kier alpha value is -12.2. The van der Waals surface area contributed by atoms with Crippen molar-refractivity contribution < 1.29 is 39.3 Å². The van der Waals surface area contributed by atoms with E-state index in [1.807, 2.05) is 72.8 Å². The molecular formula is C121H96BBr3O4P4Pd. The van der Waals surface area contributed by atoms with E-state index in [4.69, 9.17) is 8.83 Å². The maximum absolute atomic E-state index is 9.24. The Bertz CT molecular complexity index is 6390. The Morgan fingerprint density at radius 3 is 0.590 bits per heavy atom. The number of rotatable bonds is 16. The molecule has 0 radical (unpaired) electrons. The fourth-order valence-electron chi connectivity index (χ4n) is 15.6. The molecule has 0 aliphatic heterocycles. The van der Waals surface area contributed by atoms with Crippen LogP contribution in [0, 0.1) is 0 Å². The standard InChI is InChI=1S/C24H15BrO.4C18H15P.C12H9BO3.C12H8Br2.CH4.Pd/c25-22-14-5-3-10-18(22)16-8-1-2-9-17(16)20-12-7-13-21-19-11-4-6-15-23(19)26-24(20)21;4*1-4-10-16(11-5-1)19(17-12-6-2-7-13-17)18-14-8-3-9-15-18;14-13(15)10-6-3-5-9-8-4-1-2-7-11(8)16-12(9)10;13-11-7-3-1-5-9(11)10-6-2-4-8-12(10)14;;/h1-15H;4*1-15H;1-7,14-15H;1-8H;1H4;. The van der Waals surface area contributed by atoms with Crippen LogP contribution in [0.15, 0.2) is 568 Å². The van der Waals surface area contributed by atoms with E-state index < -0.39 is 38.8 Å². The van der Waals surface area contributed by atoms with Crippen LogP contribution in [0.1, 0.15) is 7.43 Å². The smallest absolute Gasteiger partial charge is 0.456 e. The summed E-state index contributed by atoms with van der Waals surface area (Å²) in [5.74, 6) is 0. The quantitative estimate of drug-likeness (QED) is 0.0747. The van der Waals surface area contributed by atoms with Gasteiger partial charge in [-0.3, -0.25) is 0 Å². The molecule has 2 heterocycles. The Kier molecular flexibility index (Phi) is 37.1. The molecule has 22 rings (SSSR count). The number of hydrogen-bond acceptors (Lipinski definition) is 4. The molecule has 0 aliphatic carbocycles. The van der Waals surface area contributed by atoms with Crippen LogP contribution in [-0.2, 0) is 20.4 Å². The Morgan fingerprint density at radius 1 is 0.172 bits per heavy atom. The molecule has 20 aromatic carbocycles. The summed E-state index contributed by atoms with van der Waals surface area (Å²) in [6.07, 6.45) is 0. The zero-order valence-electron chi connectivity index (χ0n) is 72.5.